The number of amides is 1. The largest absolute Gasteiger partial charge is 0.355 e. The van der Waals surface area contributed by atoms with E-state index in [1.807, 2.05) is 37.3 Å². The first kappa shape index (κ1) is 14.6. The van der Waals surface area contributed by atoms with E-state index in [0.717, 1.165) is 17.4 Å². The Hall–Kier alpha value is -0.830. The third-order valence-electron chi connectivity index (χ3n) is 4.28. The van der Waals surface area contributed by atoms with Gasteiger partial charge in [-0.05, 0) is 30.7 Å². The van der Waals surface area contributed by atoms with E-state index < -0.39 is 0 Å². The molecule has 0 heterocycles. The number of benzene rings is 1. The monoisotopic (exact) mass is 323 g/mol. The first-order valence-corrected chi connectivity index (χ1v) is 8.18. The predicted molar refractivity (Wildman–Crippen MR) is 82.6 cm³/mol. The van der Waals surface area contributed by atoms with Gasteiger partial charge in [0, 0.05) is 11.9 Å². The standard InChI is InChI=1S/C16H22BrNO/c1-13(14-7-3-2-4-8-14)15(19)18-12-16(11-17)9-5-6-10-16/h2-4,7-8,13H,5-6,9-12H2,1H3,(H,18,19). The number of hydrogen-bond acceptors (Lipinski definition) is 1. The summed E-state index contributed by atoms with van der Waals surface area (Å²) in [4.78, 5) is 12.2. The molecule has 104 valence electrons. The fourth-order valence-corrected chi connectivity index (χ4v) is 3.56. The van der Waals surface area contributed by atoms with Gasteiger partial charge in [-0.3, -0.25) is 4.79 Å². The van der Waals surface area contributed by atoms with Crippen molar-refractivity contribution in [1.82, 2.24) is 5.32 Å². The van der Waals surface area contributed by atoms with Crippen molar-refractivity contribution in [3.8, 4) is 0 Å². The molecule has 1 atom stereocenters. The van der Waals surface area contributed by atoms with Crippen molar-refractivity contribution in [2.75, 3.05) is 11.9 Å². The summed E-state index contributed by atoms with van der Waals surface area (Å²) in [5.41, 5.74) is 1.37. The maximum absolute atomic E-state index is 12.2. The van der Waals surface area contributed by atoms with E-state index in [2.05, 4.69) is 21.2 Å². The molecule has 1 N–H and O–H groups in total. The number of carbonyl (C=O) groups is 1. The van der Waals surface area contributed by atoms with Gasteiger partial charge in [-0.2, -0.15) is 0 Å². The lowest BCUT2D eigenvalue weighted by molar-refractivity contribution is -0.122. The quantitative estimate of drug-likeness (QED) is 0.819. The molecule has 1 aromatic rings. The molecule has 1 aliphatic carbocycles. The maximum atomic E-state index is 12.2. The first-order valence-electron chi connectivity index (χ1n) is 7.05. The van der Waals surface area contributed by atoms with Gasteiger partial charge in [-0.25, -0.2) is 0 Å². The molecule has 0 aromatic heterocycles. The molecule has 0 bridgehead atoms. The summed E-state index contributed by atoms with van der Waals surface area (Å²) in [6, 6.07) is 9.97. The molecular weight excluding hydrogens is 302 g/mol. The molecule has 1 aromatic carbocycles. The van der Waals surface area contributed by atoms with Crippen LogP contribution in [0.15, 0.2) is 30.3 Å². The predicted octanol–water partition coefficient (Wildman–Crippen LogP) is 3.86. The maximum Gasteiger partial charge on any atom is 0.227 e. The highest BCUT2D eigenvalue weighted by Gasteiger charge is 2.33. The zero-order valence-electron chi connectivity index (χ0n) is 11.5. The molecule has 3 heteroatoms. The Morgan fingerprint density at radius 3 is 2.53 bits per heavy atom. The van der Waals surface area contributed by atoms with E-state index in [9.17, 15) is 4.79 Å². The van der Waals surface area contributed by atoms with Crippen molar-refractivity contribution in [2.24, 2.45) is 5.41 Å². The third-order valence-corrected chi connectivity index (χ3v) is 5.47. The summed E-state index contributed by atoms with van der Waals surface area (Å²) < 4.78 is 0. The van der Waals surface area contributed by atoms with E-state index in [0.29, 0.717) is 0 Å². The number of hydrogen-bond donors (Lipinski definition) is 1. The van der Waals surface area contributed by atoms with Crippen LogP contribution >= 0.6 is 15.9 Å². The lowest BCUT2D eigenvalue weighted by atomic mass is 9.88. The van der Waals surface area contributed by atoms with Crippen LogP contribution in [0.5, 0.6) is 0 Å². The Morgan fingerprint density at radius 1 is 1.32 bits per heavy atom. The Kier molecular flexibility index (Phi) is 5.03. The van der Waals surface area contributed by atoms with Crippen molar-refractivity contribution >= 4 is 21.8 Å². The normalized spacial score (nSPS) is 19.1. The average molecular weight is 324 g/mol. The Balaban J connectivity index is 1.91. The van der Waals surface area contributed by atoms with Crippen molar-refractivity contribution < 1.29 is 4.79 Å². The van der Waals surface area contributed by atoms with Crippen molar-refractivity contribution in [2.45, 2.75) is 38.5 Å². The van der Waals surface area contributed by atoms with Gasteiger partial charge in [0.25, 0.3) is 0 Å². The highest BCUT2D eigenvalue weighted by atomic mass is 79.9. The molecule has 1 unspecified atom stereocenters. The zero-order chi connectivity index (χ0) is 13.7. The number of halogens is 1. The fraction of sp³-hybridized carbons (Fsp3) is 0.562. The SMILES string of the molecule is CC(C(=O)NCC1(CBr)CCCC1)c1ccccc1. The summed E-state index contributed by atoms with van der Waals surface area (Å²) in [5, 5.41) is 4.13. The zero-order valence-corrected chi connectivity index (χ0v) is 13.1. The highest BCUT2D eigenvalue weighted by molar-refractivity contribution is 9.09. The van der Waals surface area contributed by atoms with Crippen LogP contribution in [0, 0.1) is 5.41 Å². The second-order valence-corrected chi connectivity index (χ2v) is 6.25. The molecule has 0 saturated heterocycles. The van der Waals surface area contributed by atoms with E-state index in [1.54, 1.807) is 0 Å². The molecule has 0 radical (unpaired) electrons. The summed E-state index contributed by atoms with van der Waals surface area (Å²) in [5.74, 6) is 0.0633. The van der Waals surface area contributed by atoms with Crippen LogP contribution in [0.25, 0.3) is 0 Å². The van der Waals surface area contributed by atoms with Gasteiger partial charge < -0.3 is 5.32 Å². The van der Waals surface area contributed by atoms with Gasteiger partial charge in [0.05, 0.1) is 5.92 Å². The molecular formula is C16H22BrNO. The van der Waals surface area contributed by atoms with Crippen molar-refractivity contribution in [1.29, 1.82) is 0 Å². The number of carbonyl (C=O) groups excluding carboxylic acids is 1. The van der Waals surface area contributed by atoms with E-state index in [1.165, 1.54) is 25.7 Å². The van der Waals surface area contributed by atoms with Crippen LogP contribution in [0.1, 0.15) is 44.1 Å². The molecule has 1 fully saturated rings. The second-order valence-electron chi connectivity index (χ2n) is 5.69. The van der Waals surface area contributed by atoms with E-state index >= 15 is 0 Å². The fourth-order valence-electron chi connectivity index (χ4n) is 2.80. The molecule has 2 rings (SSSR count). The van der Waals surface area contributed by atoms with Gasteiger partial charge in [0.1, 0.15) is 0 Å². The van der Waals surface area contributed by atoms with Crippen LogP contribution in [0.2, 0.25) is 0 Å². The summed E-state index contributed by atoms with van der Waals surface area (Å²) in [6.45, 7) is 2.77. The second kappa shape index (κ2) is 6.56. The van der Waals surface area contributed by atoms with Crippen molar-refractivity contribution in [3.05, 3.63) is 35.9 Å². The van der Waals surface area contributed by atoms with Crippen LogP contribution < -0.4 is 5.32 Å². The third kappa shape index (κ3) is 3.59. The lowest BCUT2D eigenvalue weighted by Gasteiger charge is -2.27. The minimum absolute atomic E-state index is 0.0741. The summed E-state index contributed by atoms with van der Waals surface area (Å²) >= 11 is 3.61. The summed E-state index contributed by atoms with van der Waals surface area (Å²) in [7, 11) is 0. The number of nitrogens with one attached hydrogen (secondary N) is 1. The van der Waals surface area contributed by atoms with Gasteiger partial charge >= 0.3 is 0 Å². The Labute approximate surface area is 124 Å². The van der Waals surface area contributed by atoms with Gasteiger partial charge in [-0.1, -0.05) is 59.1 Å². The van der Waals surface area contributed by atoms with Gasteiger partial charge in [0.15, 0.2) is 0 Å². The minimum atomic E-state index is -0.0741. The number of rotatable bonds is 5. The molecule has 0 aliphatic heterocycles. The summed E-state index contributed by atoms with van der Waals surface area (Å²) in [6.07, 6.45) is 5.02. The molecule has 19 heavy (non-hydrogen) atoms. The van der Waals surface area contributed by atoms with Crippen molar-refractivity contribution in [3.63, 3.8) is 0 Å². The Morgan fingerprint density at radius 2 is 1.95 bits per heavy atom. The van der Waals surface area contributed by atoms with Crippen LogP contribution in [0.4, 0.5) is 0 Å². The molecule has 1 aliphatic rings. The Bertz CT molecular complexity index is 412. The number of alkyl halides is 1. The topological polar surface area (TPSA) is 29.1 Å². The smallest absolute Gasteiger partial charge is 0.227 e. The highest BCUT2D eigenvalue weighted by Crippen LogP contribution is 2.39. The van der Waals surface area contributed by atoms with Crippen LogP contribution in [-0.2, 0) is 4.79 Å². The minimum Gasteiger partial charge on any atom is -0.355 e. The molecule has 1 amide bonds. The van der Waals surface area contributed by atoms with Crippen LogP contribution in [0.3, 0.4) is 0 Å². The lowest BCUT2D eigenvalue weighted by Crippen LogP contribution is -2.38. The van der Waals surface area contributed by atoms with Crippen LogP contribution in [-0.4, -0.2) is 17.8 Å². The first-order chi connectivity index (χ1) is 9.17. The average Bonchev–Trinajstić information content (AvgIpc) is 2.94. The molecule has 0 spiro atoms. The van der Waals surface area contributed by atoms with Gasteiger partial charge in [0.2, 0.25) is 5.91 Å². The van der Waals surface area contributed by atoms with E-state index in [4.69, 9.17) is 0 Å². The molecule has 2 nitrogen and oxygen atoms in total. The van der Waals surface area contributed by atoms with E-state index in [-0.39, 0.29) is 17.2 Å². The molecule has 1 saturated carbocycles. The van der Waals surface area contributed by atoms with Gasteiger partial charge in [-0.15, -0.1) is 0 Å².